The van der Waals surface area contributed by atoms with Gasteiger partial charge in [0, 0.05) is 30.8 Å². The summed E-state index contributed by atoms with van der Waals surface area (Å²) < 4.78 is 5.29. The van der Waals surface area contributed by atoms with Crippen LogP contribution in [0.15, 0.2) is 84.9 Å². The molecule has 14 heteroatoms. The Labute approximate surface area is 281 Å². The number of imide groups is 1. The summed E-state index contributed by atoms with van der Waals surface area (Å²) in [4.78, 5) is 76.8. The number of thioether (sulfide) groups is 1. The van der Waals surface area contributed by atoms with Crippen LogP contribution in [0.1, 0.15) is 24.0 Å². The van der Waals surface area contributed by atoms with Crippen molar-refractivity contribution in [1.82, 2.24) is 10.2 Å². The maximum absolute atomic E-state index is 13.0. The Balaban J connectivity index is 1.24. The van der Waals surface area contributed by atoms with Gasteiger partial charge in [0.2, 0.25) is 23.6 Å². The number of anilines is 1. The Morgan fingerprint density at radius 2 is 1.56 bits per heavy atom. The normalized spacial score (nSPS) is 16.1. The number of ether oxygens (including phenoxy) is 1. The van der Waals surface area contributed by atoms with Crippen LogP contribution in [0.25, 0.3) is 0 Å². The van der Waals surface area contributed by atoms with E-state index in [2.05, 4.69) is 10.6 Å². The first-order valence-corrected chi connectivity index (χ1v) is 16.3. The van der Waals surface area contributed by atoms with Gasteiger partial charge in [-0.15, -0.1) is 11.8 Å². The van der Waals surface area contributed by atoms with Crippen molar-refractivity contribution in [2.45, 2.75) is 43.1 Å². The van der Waals surface area contributed by atoms with Crippen LogP contribution in [0.4, 0.5) is 10.5 Å². The number of Topliss-reactive ketones (excluding diaryl/α,β-unsaturated/α-hetero) is 1. The fourth-order valence-corrected chi connectivity index (χ4v) is 6.20. The maximum Gasteiger partial charge on any atom is 0.413 e. The maximum atomic E-state index is 13.0. The van der Waals surface area contributed by atoms with Crippen molar-refractivity contribution < 1.29 is 33.5 Å². The van der Waals surface area contributed by atoms with E-state index in [0.717, 1.165) is 22.9 Å². The van der Waals surface area contributed by atoms with Gasteiger partial charge in [-0.25, -0.2) is 4.79 Å². The van der Waals surface area contributed by atoms with Crippen molar-refractivity contribution in [3.8, 4) is 5.75 Å². The number of amides is 5. The van der Waals surface area contributed by atoms with Gasteiger partial charge in [-0.05, 0) is 41.8 Å². The molecule has 1 heterocycles. The monoisotopic (exact) mass is 674 g/mol. The van der Waals surface area contributed by atoms with Gasteiger partial charge < -0.3 is 32.6 Å². The first kappa shape index (κ1) is 35.8. The smallest absolute Gasteiger partial charge is 0.410 e. The number of hydrogen-bond acceptors (Lipinski definition) is 10. The highest BCUT2D eigenvalue weighted by atomic mass is 32.2. The topological polar surface area (TPSA) is 217 Å². The average Bonchev–Trinajstić information content (AvgIpc) is 3.34. The van der Waals surface area contributed by atoms with Crippen molar-refractivity contribution in [3.63, 3.8) is 0 Å². The lowest BCUT2D eigenvalue weighted by molar-refractivity contribution is -0.139. The lowest BCUT2D eigenvalue weighted by Crippen LogP contribution is -2.48. The second kappa shape index (κ2) is 17.2. The number of rotatable bonds is 16. The molecule has 4 atom stereocenters. The van der Waals surface area contributed by atoms with E-state index >= 15 is 0 Å². The quantitative estimate of drug-likeness (QED) is 0.139. The Bertz CT molecular complexity index is 1610. The third-order valence-corrected chi connectivity index (χ3v) is 8.98. The summed E-state index contributed by atoms with van der Waals surface area (Å²) in [5, 5.41) is 4.45. The van der Waals surface area contributed by atoms with Gasteiger partial charge in [-0.3, -0.25) is 28.9 Å². The van der Waals surface area contributed by atoms with Crippen molar-refractivity contribution in [2.75, 3.05) is 17.6 Å². The largest absolute Gasteiger partial charge is 0.413 e. The van der Waals surface area contributed by atoms with E-state index < -0.39 is 41.0 Å². The van der Waals surface area contributed by atoms with Crippen LogP contribution in [0.3, 0.4) is 0 Å². The molecule has 1 saturated heterocycles. The van der Waals surface area contributed by atoms with E-state index in [9.17, 15) is 28.8 Å². The van der Waals surface area contributed by atoms with Crippen LogP contribution < -0.4 is 32.6 Å². The zero-order valence-electron chi connectivity index (χ0n) is 26.1. The SMILES string of the molecule is NC[C@H](NC(=O)Oc1ccc(C[C@H](N)C(=O)Nc2ccccc2)cc1)C(=O)C[C@@H](CSC1CC(=O)N(Cc2ccccc2)C1=O)C(N)=O. The molecule has 0 aliphatic carbocycles. The molecule has 8 N–H and O–H groups in total. The number of primary amides is 1. The number of nitrogens with zero attached hydrogens (tertiary/aromatic N) is 1. The fourth-order valence-electron chi connectivity index (χ4n) is 4.92. The zero-order valence-corrected chi connectivity index (χ0v) is 26.9. The van der Waals surface area contributed by atoms with Crippen LogP contribution in [0.2, 0.25) is 0 Å². The van der Waals surface area contributed by atoms with Gasteiger partial charge in [0.1, 0.15) is 11.8 Å². The van der Waals surface area contributed by atoms with Crippen molar-refractivity contribution in [3.05, 3.63) is 96.1 Å². The number of nitrogens with two attached hydrogens (primary N) is 3. The van der Waals surface area contributed by atoms with E-state index in [0.29, 0.717) is 5.69 Å². The number of para-hydroxylation sites is 1. The molecule has 1 unspecified atom stereocenters. The number of nitrogens with one attached hydrogen (secondary N) is 2. The molecular formula is C34H38N6O7S. The second-order valence-electron chi connectivity index (χ2n) is 11.2. The molecule has 0 radical (unpaired) electrons. The highest BCUT2D eigenvalue weighted by molar-refractivity contribution is 8.00. The minimum atomic E-state index is -1.17. The molecule has 48 heavy (non-hydrogen) atoms. The molecule has 0 spiro atoms. The lowest BCUT2D eigenvalue weighted by Gasteiger charge is -2.19. The van der Waals surface area contributed by atoms with E-state index in [1.807, 2.05) is 36.4 Å². The molecule has 4 rings (SSSR count). The van der Waals surface area contributed by atoms with Crippen LogP contribution in [-0.4, -0.2) is 70.0 Å². The predicted octanol–water partition coefficient (Wildman–Crippen LogP) is 1.73. The second-order valence-corrected chi connectivity index (χ2v) is 12.5. The predicted molar refractivity (Wildman–Crippen MR) is 180 cm³/mol. The van der Waals surface area contributed by atoms with Crippen LogP contribution in [0.5, 0.6) is 5.75 Å². The van der Waals surface area contributed by atoms with E-state index in [1.54, 1.807) is 36.4 Å². The van der Waals surface area contributed by atoms with E-state index in [-0.39, 0.29) is 61.6 Å². The number of benzene rings is 3. The van der Waals surface area contributed by atoms with Gasteiger partial charge in [0.15, 0.2) is 5.78 Å². The molecule has 5 amide bonds. The molecule has 0 bridgehead atoms. The summed E-state index contributed by atoms with van der Waals surface area (Å²) in [5.41, 5.74) is 19.5. The third kappa shape index (κ3) is 10.2. The summed E-state index contributed by atoms with van der Waals surface area (Å²) >= 11 is 1.09. The first-order valence-electron chi connectivity index (χ1n) is 15.2. The number of hydrogen-bond donors (Lipinski definition) is 5. The Hall–Kier alpha value is -5.05. The van der Waals surface area contributed by atoms with E-state index in [1.165, 1.54) is 17.0 Å². The summed E-state index contributed by atoms with van der Waals surface area (Å²) in [6.07, 6.45) is -1.05. The molecule has 0 aromatic heterocycles. The number of carbonyl (C=O) groups excluding carboxylic acids is 6. The van der Waals surface area contributed by atoms with Crippen molar-refractivity contribution in [2.24, 2.45) is 23.1 Å². The van der Waals surface area contributed by atoms with Gasteiger partial charge in [-0.2, -0.15) is 0 Å². The van der Waals surface area contributed by atoms with Crippen molar-refractivity contribution in [1.29, 1.82) is 0 Å². The number of likely N-dealkylation sites (tertiary alicyclic amines) is 1. The standard InChI is InChI=1S/C34H38N6O7S/c35-18-27(39-34(46)47-25-13-11-21(12-14-25)15-26(36)32(44)38-24-9-5-2-6-10-24)28(41)16-23(31(37)43)20-48-29-17-30(42)40(33(29)45)19-22-7-3-1-4-8-22/h1-14,23,26-27,29H,15-20,35-36H2,(H2,37,43)(H,38,44)(H,39,46)/t23-,26-,27-,29?/m0/s1. The molecule has 3 aromatic carbocycles. The minimum absolute atomic E-state index is 0.0219. The Kier molecular flexibility index (Phi) is 12.8. The van der Waals surface area contributed by atoms with Gasteiger partial charge in [0.05, 0.1) is 23.8 Å². The molecule has 0 saturated carbocycles. The minimum Gasteiger partial charge on any atom is -0.410 e. The zero-order chi connectivity index (χ0) is 34.6. The summed E-state index contributed by atoms with van der Waals surface area (Å²) in [5.74, 6) is -3.10. The molecule has 252 valence electrons. The Morgan fingerprint density at radius 1 is 0.917 bits per heavy atom. The molecule has 13 nitrogen and oxygen atoms in total. The average molecular weight is 675 g/mol. The summed E-state index contributed by atoms with van der Waals surface area (Å²) in [6, 6.07) is 22.4. The Morgan fingerprint density at radius 3 is 2.19 bits per heavy atom. The van der Waals surface area contributed by atoms with Gasteiger partial charge in [-0.1, -0.05) is 60.7 Å². The number of carbonyl (C=O) groups is 6. The molecule has 1 aliphatic rings. The van der Waals surface area contributed by atoms with Crippen LogP contribution >= 0.6 is 11.8 Å². The van der Waals surface area contributed by atoms with Crippen LogP contribution in [0, 0.1) is 5.92 Å². The number of ketones is 1. The molecule has 3 aromatic rings. The lowest BCUT2D eigenvalue weighted by atomic mass is 9.99. The molecule has 1 fully saturated rings. The fraction of sp³-hybridized carbons (Fsp3) is 0.294. The van der Waals surface area contributed by atoms with Crippen molar-refractivity contribution >= 4 is 53.0 Å². The highest BCUT2D eigenvalue weighted by Gasteiger charge is 2.39. The van der Waals surface area contributed by atoms with E-state index in [4.69, 9.17) is 21.9 Å². The molecular weight excluding hydrogens is 636 g/mol. The summed E-state index contributed by atoms with van der Waals surface area (Å²) in [7, 11) is 0. The third-order valence-electron chi connectivity index (χ3n) is 7.62. The highest BCUT2D eigenvalue weighted by Crippen LogP contribution is 2.29. The van der Waals surface area contributed by atoms with Gasteiger partial charge in [0.25, 0.3) is 0 Å². The van der Waals surface area contributed by atoms with Gasteiger partial charge >= 0.3 is 6.09 Å². The molecule has 1 aliphatic heterocycles. The first-order chi connectivity index (χ1) is 23.0. The summed E-state index contributed by atoms with van der Waals surface area (Å²) in [6.45, 7) is -0.113. The van der Waals surface area contributed by atoms with Crippen LogP contribution in [-0.2, 0) is 36.9 Å².